The molecule has 0 saturated carbocycles. The zero-order valence-corrected chi connectivity index (χ0v) is 19.4. The highest BCUT2D eigenvalue weighted by atomic mass is 35.5. The molecule has 0 aliphatic carbocycles. The van der Waals surface area contributed by atoms with Crippen LogP contribution >= 0.6 is 11.6 Å². The fourth-order valence-corrected chi connectivity index (χ4v) is 5.10. The van der Waals surface area contributed by atoms with Gasteiger partial charge in [-0.1, -0.05) is 48.6 Å². The molecule has 0 bridgehead atoms. The number of piperazine rings is 1. The summed E-state index contributed by atoms with van der Waals surface area (Å²) in [6, 6.07) is 6.92. The first-order valence-corrected chi connectivity index (χ1v) is 11.9. The van der Waals surface area contributed by atoms with E-state index in [-0.39, 0.29) is 0 Å². The van der Waals surface area contributed by atoms with Gasteiger partial charge in [0, 0.05) is 67.3 Å². The molecule has 1 aromatic rings. The second kappa shape index (κ2) is 10.5. The van der Waals surface area contributed by atoms with Crippen LogP contribution in [0.4, 0.5) is 5.69 Å². The number of rotatable bonds is 6. The summed E-state index contributed by atoms with van der Waals surface area (Å²) < 4.78 is 0. The van der Waals surface area contributed by atoms with Crippen LogP contribution in [-0.2, 0) is 0 Å². The quantitative estimate of drug-likeness (QED) is 0.639. The summed E-state index contributed by atoms with van der Waals surface area (Å²) in [7, 11) is 0. The Bertz CT molecular complexity index is 856. The van der Waals surface area contributed by atoms with Crippen molar-refractivity contribution in [1.29, 1.82) is 0 Å². The van der Waals surface area contributed by atoms with Crippen LogP contribution in [0.1, 0.15) is 25.3 Å². The lowest BCUT2D eigenvalue weighted by Crippen LogP contribution is -2.52. The Morgan fingerprint density at radius 1 is 1.13 bits per heavy atom. The molecule has 0 atom stereocenters. The van der Waals surface area contributed by atoms with E-state index < -0.39 is 0 Å². The number of benzene rings is 1. The SMILES string of the molecule is C=C(/C=C\C=C/C)N1CCN(C2CCN(CC3=CCNc4cc(Cl)ccc43)CC2)CC1. The number of fused-ring (bicyclic) bond motifs is 1. The van der Waals surface area contributed by atoms with Crippen LogP contribution < -0.4 is 5.32 Å². The van der Waals surface area contributed by atoms with Crippen LogP contribution in [0.25, 0.3) is 5.57 Å². The maximum atomic E-state index is 6.17. The monoisotopic (exact) mass is 438 g/mol. The number of piperidine rings is 1. The Balaban J connectivity index is 1.24. The van der Waals surface area contributed by atoms with Crippen molar-refractivity contribution in [1.82, 2.24) is 14.7 Å². The van der Waals surface area contributed by atoms with Crippen molar-refractivity contribution < 1.29 is 0 Å². The predicted octanol–water partition coefficient (Wildman–Crippen LogP) is 4.88. The normalized spacial score (nSPS) is 21.4. The van der Waals surface area contributed by atoms with Gasteiger partial charge in [-0.05, 0) is 56.6 Å². The Morgan fingerprint density at radius 3 is 2.65 bits per heavy atom. The van der Waals surface area contributed by atoms with E-state index in [4.69, 9.17) is 11.6 Å². The number of nitrogens with one attached hydrogen (secondary N) is 1. The van der Waals surface area contributed by atoms with E-state index in [1.165, 1.54) is 42.8 Å². The molecule has 0 spiro atoms. The van der Waals surface area contributed by atoms with Crippen LogP contribution in [0.3, 0.4) is 0 Å². The van der Waals surface area contributed by atoms with Crippen LogP contribution in [0.5, 0.6) is 0 Å². The summed E-state index contributed by atoms with van der Waals surface area (Å²) in [6.07, 6.45) is 13.2. The van der Waals surface area contributed by atoms with Crippen molar-refractivity contribution in [2.75, 3.05) is 57.7 Å². The molecular weight excluding hydrogens is 404 g/mol. The number of halogens is 1. The third-order valence-corrected chi connectivity index (χ3v) is 6.98. The Hall–Kier alpha value is -2.01. The second-order valence-corrected chi connectivity index (χ2v) is 9.14. The van der Waals surface area contributed by atoms with Gasteiger partial charge in [0.15, 0.2) is 0 Å². The van der Waals surface area contributed by atoms with Crippen molar-refractivity contribution in [2.45, 2.75) is 25.8 Å². The van der Waals surface area contributed by atoms with Gasteiger partial charge in [0.25, 0.3) is 0 Å². The lowest BCUT2D eigenvalue weighted by molar-refractivity contribution is 0.0748. The van der Waals surface area contributed by atoms with Crippen LogP contribution in [-0.4, -0.2) is 73.1 Å². The number of hydrogen-bond donors (Lipinski definition) is 1. The molecule has 0 aromatic heterocycles. The number of anilines is 1. The summed E-state index contributed by atoms with van der Waals surface area (Å²) in [4.78, 5) is 7.74. The fourth-order valence-electron chi connectivity index (χ4n) is 4.93. The van der Waals surface area contributed by atoms with Gasteiger partial charge in [-0.15, -0.1) is 0 Å². The highest BCUT2D eigenvalue weighted by Crippen LogP contribution is 2.31. The molecule has 4 nitrogen and oxygen atoms in total. The summed E-state index contributed by atoms with van der Waals surface area (Å²) in [5, 5.41) is 4.24. The molecule has 3 heterocycles. The maximum Gasteiger partial charge on any atom is 0.0434 e. The molecule has 1 N–H and O–H groups in total. The minimum Gasteiger partial charge on any atom is -0.381 e. The summed E-state index contributed by atoms with van der Waals surface area (Å²) in [5.41, 5.74) is 5.03. The summed E-state index contributed by atoms with van der Waals surface area (Å²) >= 11 is 6.17. The van der Waals surface area contributed by atoms with Gasteiger partial charge < -0.3 is 10.2 Å². The maximum absolute atomic E-state index is 6.17. The van der Waals surface area contributed by atoms with E-state index in [1.807, 2.05) is 25.1 Å². The number of allylic oxidation sites excluding steroid dienone is 4. The van der Waals surface area contributed by atoms with Gasteiger partial charge in [0.05, 0.1) is 0 Å². The molecule has 31 heavy (non-hydrogen) atoms. The Morgan fingerprint density at radius 2 is 1.90 bits per heavy atom. The molecule has 0 amide bonds. The van der Waals surface area contributed by atoms with Gasteiger partial charge in [-0.3, -0.25) is 9.80 Å². The number of likely N-dealkylation sites (tertiary alicyclic amines) is 1. The zero-order chi connectivity index (χ0) is 21.6. The second-order valence-electron chi connectivity index (χ2n) is 8.71. The number of nitrogens with zero attached hydrogens (tertiary/aromatic N) is 3. The molecule has 2 fully saturated rings. The summed E-state index contributed by atoms with van der Waals surface area (Å²) in [5.74, 6) is 0. The first-order valence-electron chi connectivity index (χ1n) is 11.6. The van der Waals surface area contributed by atoms with Gasteiger partial charge in [-0.25, -0.2) is 0 Å². The first-order chi connectivity index (χ1) is 15.1. The molecule has 166 valence electrons. The topological polar surface area (TPSA) is 21.8 Å². The summed E-state index contributed by atoms with van der Waals surface area (Å²) in [6.45, 7) is 15.0. The third kappa shape index (κ3) is 5.62. The fraction of sp³-hybridized carbons (Fsp3) is 0.462. The van der Waals surface area contributed by atoms with Crippen molar-refractivity contribution in [3.05, 3.63) is 71.4 Å². The van der Waals surface area contributed by atoms with E-state index in [0.717, 1.165) is 56.0 Å². The van der Waals surface area contributed by atoms with Crippen molar-refractivity contribution in [3.63, 3.8) is 0 Å². The van der Waals surface area contributed by atoms with Gasteiger partial charge >= 0.3 is 0 Å². The Labute approximate surface area is 192 Å². The highest BCUT2D eigenvalue weighted by molar-refractivity contribution is 6.31. The standard InChI is InChI=1S/C26H35ClN4/c1-3-4-5-6-21(2)30-15-17-31(18-16-30)24-10-13-29(14-11-24)20-22-9-12-28-26-19-23(27)7-8-25(22)26/h3-9,19,24,28H,2,10-18,20H2,1H3/b4-3-,6-5-. The first kappa shape index (κ1) is 22.2. The third-order valence-electron chi connectivity index (χ3n) is 6.75. The van der Waals surface area contributed by atoms with Gasteiger partial charge in [0.2, 0.25) is 0 Å². The predicted molar refractivity (Wildman–Crippen MR) is 134 cm³/mol. The van der Waals surface area contributed by atoms with E-state index in [2.05, 4.69) is 57.0 Å². The molecule has 3 aliphatic rings. The molecule has 4 rings (SSSR count). The molecule has 2 saturated heterocycles. The molecule has 0 unspecified atom stereocenters. The molecule has 5 heteroatoms. The largest absolute Gasteiger partial charge is 0.381 e. The van der Waals surface area contributed by atoms with Crippen LogP contribution in [0, 0.1) is 0 Å². The minimum atomic E-state index is 0.721. The van der Waals surface area contributed by atoms with Gasteiger partial charge in [-0.2, -0.15) is 0 Å². The smallest absolute Gasteiger partial charge is 0.0434 e. The van der Waals surface area contributed by atoms with E-state index in [0.29, 0.717) is 0 Å². The molecular formula is C26H35ClN4. The van der Waals surface area contributed by atoms with Crippen molar-refractivity contribution in [2.24, 2.45) is 0 Å². The van der Waals surface area contributed by atoms with Crippen molar-refractivity contribution >= 4 is 22.9 Å². The lowest BCUT2D eigenvalue weighted by atomic mass is 9.97. The molecule has 1 aromatic carbocycles. The molecule has 3 aliphatic heterocycles. The molecule has 0 radical (unpaired) electrons. The highest BCUT2D eigenvalue weighted by Gasteiger charge is 2.28. The average molecular weight is 439 g/mol. The minimum absolute atomic E-state index is 0.721. The van der Waals surface area contributed by atoms with Crippen LogP contribution in [0.15, 0.2) is 60.9 Å². The Kier molecular flexibility index (Phi) is 7.54. The number of hydrogen-bond acceptors (Lipinski definition) is 4. The van der Waals surface area contributed by atoms with Crippen molar-refractivity contribution in [3.8, 4) is 0 Å². The van der Waals surface area contributed by atoms with Gasteiger partial charge in [0.1, 0.15) is 0 Å². The average Bonchev–Trinajstić information content (AvgIpc) is 2.80. The van der Waals surface area contributed by atoms with E-state index >= 15 is 0 Å². The van der Waals surface area contributed by atoms with E-state index in [9.17, 15) is 0 Å². The zero-order valence-electron chi connectivity index (χ0n) is 18.7. The van der Waals surface area contributed by atoms with Crippen LogP contribution in [0.2, 0.25) is 5.02 Å². The van der Waals surface area contributed by atoms with E-state index in [1.54, 1.807) is 0 Å². The lowest BCUT2D eigenvalue weighted by Gasteiger charge is -2.43.